The number of ether oxygens (including phenoxy) is 2. The molecule has 0 saturated heterocycles. The average Bonchev–Trinajstić information content (AvgIpc) is 2.62. The summed E-state index contributed by atoms with van der Waals surface area (Å²) in [6, 6.07) is 13.0. The molecule has 0 aliphatic rings. The molecule has 0 aromatic heterocycles. The zero-order chi connectivity index (χ0) is 18.3. The van der Waals surface area contributed by atoms with Gasteiger partial charge in [-0.3, -0.25) is 4.79 Å². The zero-order valence-corrected chi connectivity index (χ0v) is 15.0. The number of rotatable bonds is 8. The lowest BCUT2D eigenvalue weighted by Crippen LogP contribution is -2.17. The topological polar surface area (TPSA) is 81.7 Å². The first-order valence-electron chi connectivity index (χ1n) is 7.84. The molecule has 0 atom stereocenters. The van der Waals surface area contributed by atoms with Crippen LogP contribution in [0, 0.1) is 0 Å². The van der Waals surface area contributed by atoms with Crippen LogP contribution in [0.1, 0.15) is 13.3 Å². The maximum absolute atomic E-state index is 12.3. The van der Waals surface area contributed by atoms with E-state index in [0.29, 0.717) is 23.8 Å². The summed E-state index contributed by atoms with van der Waals surface area (Å²) in [7, 11) is -2.01. The molecule has 0 saturated carbocycles. The third kappa shape index (κ3) is 5.49. The van der Waals surface area contributed by atoms with Crippen LogP contribution in [0.4, 0.5) is 5.69 Å². The van der Waals surface area contributed by atoms with E-state index in [1.54, 1.807) is 36.4 Å². The minimum Gasteiger partial charge on any atom is -0.497 e. The molecule has 2 aromatic carbocycles. The predicted octanol–water partition coefficient (Wildman–Crippen LogP) is 2.90. The summed E-state index contributed by atoms with van der Waals surface area (Å²) >= 11 is 0. The maximum Gasteiger partial charge on any atom is 0.225 e. The van der Waals surface area contributed by atoms with E-state index in [9.17, 15) is 13.2 Å². The number of carbonyl (C=O) groups excluding carboxylic acids is 1. The molecule has 0 spiro atoms. The molecule has 7 heteroatoms. The Morgan fingerprint density at radius 3 is 2.16 bits per heavy atom. The van der Waals surface area contributed by atoms with Crippen LogP contribution < -0.4 is 14.8 Å². The number of hydrogen-bond donors (Lipinski definition) is 1. The van der Waals surface area contributed by atoms with E-state index in [2.05, 4.69) is 5.32 Å². The van der Waals surface area contributed by atoms with Gasteiger partial charge in [-0.2, -0.15) is 0 Å². The summed E-state index contributed by atoms with van der Waals surface area (Å²) in [4.78, 5) is 12.1. The Bertz CT molecular complexity index is 798. The van der Waals surface area contributed by atoms with Gasteiger partial charge in [0, 0.05) is 12.1 Å². The van der Waals surface area contributed by atoms with Crippen LogP contribution in [0.5, 0.6) is 11.5 Å². The van der Waals surface area contributed by atoms with Gasteiger partial charge in [0.25, 0.3) is 0 Å². The Hall–Kier alpha value is -2.54. The van der Waals surface area contributed by atoms with Crippen LogP contribution in [-0.2, 0) is 14.6 Å². The second kappa shape index (κ2) is 8.53. The van der Waals surface area contributed by atoms with Crippen LogP contribution in [0.15, 0.2) is 53.4 Å². The quantitative estimate of drug-likeness (QED) is 0.780. The van der Waals surface area contributed by atoms with Gasteiger partial charge in [0.2, 0.25) is 5.91 Å². The molecule has 1 amide bonds. The molecule has 0 bridgehead atoms. The van der Waals surface area contributed by atoms with Crippen molar-refractivity contribution < 1.29 is 22.7 Å². The fraction of sp³-hybridized carbons (Fsp3) is 0.278. The molecular formula is C18H21NO5S. The minimum absolute atomic E-state index is 0.123. The van der Waals surface area contributed by atoms with E-state index in [-0.39, 0.29) is 23.0 Å². The molecule has 0 radical (unpaired) electrons. The lowest BCUT2D eigenvalue weighted by atomic mass is 10.3. The van der Waals surface area contributed by atoms with Crippen molar-refractivity contribution in [2.45, 2.75) is 18.2 Å². The number of hydrogen-bond acceptors (Lipinski definition) is 5. The van der Waals surface area contributed by atoms with Gasteiger partial charge in [-0.25, -0.2) is 8.42 Å². The molecule has 25 heavy (non-hydrogen) atoms. The first-order valence-corrected chi connectivity index (χ1v) is 9.49. The monoisotopic (exact) mass is 363 g/mol. The zero-order valence-electron chi connectivity index (χ0n) is 14.2. The van der Waals surface area contributed by atoms with E-state index in [4.69, 9.17) is 9.47 Å². The van der Waals surface area contributed by atoms with Gasteiger partial charge in [0.1, 0.15) is 11.5 Å². The number of sulfone groups is 1. The van der Waals surface area contributed by atoms with Gasteiger partial charge < -0.3 is 14.8 Å². The van der Waals surface area contributed by atoms with E-state index < -0.39 is 9.84 Å². The van der Waals surface area contributed by atoms with Crippen LogP contribution in [0.3, 0.4) is 0 Å². The molecule has 1 N–H and O–H groups in total. The van der Waals surface area contributed by atoms with Gasteiger partial charge in [-0.05, 0) is 55.5 Å². The van der Waals surface area contributed by atoms with Gasteiger partial charge in [0.05, 0.1) is 24.4 Å². The summed E-state index contributed by atoms with van der Waals surface area (Å²) in [6.45, 7) is 2.45. The lowest BCUT2D eigenvalue weighted by Gasteiger charge is -2.08. The van der Waals surface area contributed by atoms with Crippen LogP contribution >= 0.6 is 0 Å². The van der Waals surface area contributed by atoms with E-state index in [1.165, 1.54) is 19.2 Å². The number of nitrogens with one attached hydrogen (secondary N) is 1. The molecule has 0 aliphatic carbocycles. The van der Waals surface area contributed by atoms with Gasteiger partial charge in [-0.15, -0.1) is 0 Å². The normalized spacial score (nSPS) is 11.0. The molecule has 0 unspecified atom stereocenters. The second-order valence-electron chi connectivity index (χ2n) is 5.25. The van der Waals surface area contributed by atoms with Crippen molar-refractivity contribution in [1.82, 2.24) is 0 Å². The molecular weight excluding hydrogens is 342 g/mol. The summed E-state index contributed by atoms with van der Waals surface area (Å²) in [5, 5.41) is 2.67. The number of benzene rings is 2. The first kappa shape index (κ1) is 18.8. The fourth-order valence-corrected chi connectivity index (χ4v) is 3.39. The molecule has 0 fully saturated rings. The molecule has 0 heterocycles. The first-order chi connectivity index (χ1) is 11.9. The van der Waals surface area contributed by atoms with Gasteiger partial charge >= 0.3 is 0 Å². The van der Waals surface area contributed by atoms with Crippen LogP contribution in [0.25, 0.3) is 0 Å². The van der Waals surface area contributed by atoms with Crippen LogP contribution in [-0.4, -0.2) is 33.8 Å². The van der Waals surface area contributed by atoms with Crippen molar-refractivity contribution in [3.63, 3.8) is 0 Å². The molecule has 0 aliphatic heterocycles. The maximum atomic E-state index is 12.3. The highest BCUT2D eigenvalue weighted by atomic mass is 32.2. The molecule has 134 valence electrons. The van der Waals surface area contributed by atoms with E-state index in [0.717, 1.165) is 0 Å². The number of methoxy groups -OCH3 is 1. The Balaban J connectivity index is 1.91. The smallest absolute Gasteiger partial charge is 0.225 e. The lowest BCUT2D eigenvalue weighted by molar-refractivity contribution is -0.115. The fourth-order valence-electron chi connectivity index (χ4n) is 2.15. The Morgan fingerprint density at radius 1 is 1.00 bits per heavy atom. The largest absolute Gasteiger partial charge is 0.497 e. The van der Waals surface area contributed by atoms with Crippen LogP contribution in [0.2, 0.25) is 0 Å². The van der Waals surface area contributed by atoms with E-state index in [1.807, 2.05) is 6.92 Å². The molecule has 2 rings (SSSR count). The SMILES string of the molecule is CCOc1ccc(NC(=O)CCS(=O)(=O)c2ccc(OC)cc2)cc1. The van der Waals surface area contributed by atoms with Crippen molar-refractivity contribution in [1.29, 1.82) is 0 Å². The third-order valence-electron chi connectivity index (χ3n) is 3.47. The Labute approximate surface area is 147 Å². The predicted molar refractivity (Wildman–Crippen MR) is 95.9 cm³/mol. The molecule has 2 aromatic rings. The standard InChI is InChI=1S/C18H21NO5S/c1-3-24-16-6-4-14(5-7-16)19-18(20)12-13-25(21,22)17-10-8-15(23-2)9-11-17/h4-11H,3,12-13H2,1-2H3,(H,19,20). The molecule has 6 nitrogen and oxygen atoms in total. The minimum atomic E-state index is -3.52. The summed E-state index contributed by atoms with van der Waals surface area (Å²) in [5.74, 6) is 0.665. The van der Waals surface area contributed by atoms with Crippen molar-refractivity contribution >= 4 is 21.4 Å². The van der Waals surface area contributed by atoms with Crippen molar-refractivity contribution in [3.05, 3.63) is 48.5 Å². The summed E-state index contributed by atoms with van der Waals surface area (Å²) in [6.07, 6.45) is -0.123. The van der Waals surface area contributed by atoms with Crippen molar-refractivity contribution in [2.75, 3.05) is 24.8 Å². The van der Waals surface area contributed by atoms with Gasteiger partial charge in [0.15, 0.2) is 9.84 Å². The van der Waals surface area contributed by atoms with Crippen molar-refractivity contribution in [2.24, 2.45) is 0 Å². The number of carbonyl (C=O) groups is 1. The highest BCUT2D eigenvalue weighted by molar-refractivity contribution is 7.91. The van der Waals surface area contributed by atoms with E-state index >= 15 is 0 Å². The summed E-state index contributed by atoms with van der Waals surface area (Å²) in [5.41, 5.74) is 0.593. The number of anilines is 1. The average molecular weight is 363 g/mol. The Morgan fingerprint density at radius 2 is 1.60 bits per heavy atom. The highest BCUT2D eigenvalue weighted by Gasteiger charge is 2.16. The van der Waals surface area contributed by atoms with Crippen molar-refractivity contribution in [3.8, 4) is 11.5 Å². The highest BCUT2D eigenvalue weighted by Crippen LogP contribution is 2.18. The number of amides is 1. The third-order valence-corrected chi connectivity index (χ3v) is 5.20. The second-order valence-corrected chi connectivity index (χ2v) is 7.36. The van der Waals surface area contributed by atoms with Gasteiger partial charge in [-0.1, -0.05) is 0 Å². The summed E-state index contributed by atoms with van der Waals surface area (Å²) < 4.78 is 34.9. The Kier molecular flexibility index (Phi) is 6.41.